The molecule has 0 radical (unpaired) electrons. The first-order valence-electron chi connectivity index (χ1n) is 7.45. The van der Waals surface area contributed by atoms with Crippen LogP contribution in [0.25, 0.3) is 0 Å². The Morgan fingerprint density at radius 1 is 1.32 bits per heavy atom. The van der Waals surface area contributed by atoms with Crippen molar-refractivity contribution < 1.29 is 9.47 Å². The van der Waals surface area contributed by atoms with E-state index in [1.54, 1.807) is 0 Å². The van der Waals surface area contributed by atoms with E-state index in [1.807, 2.05) is 6.21 Å². The Kier molecular flexibility index (Phi) is 7.10. The predicted octanol–water partition coefficient (Wildman–Crippen LogP) is 4.07. The van der Waals surface area contributed by atoms with Gasteiger partial charge >= 0.3 is 0 Å². The van der Waals surface area contributed by atoms with Crippen LogP contribution in [0.1, 0.15) is 44.9 Å². The summed E-state index contributed by atoms with van der Waals surface area (Å²) < 4.78 is 12.4. The van der Waals surface area contributed by atoms with Crippen LogP contribution in [0.2, 0.25) is 0 Å². The zero-order valence-electron chi connectivity index (χ0n) is 11.5. The third-order valence-electron chi connectivity index (χ3n) is 3.61. The van der Waals surface area contributed by atoms with Gasteiger partial charge < -0.3 is 9.47 Å². The zero-order chi connectivity index (χ0) is 13.3. The lowest BCUT2D eigenvalue weighted by atomic mass is 10.00. The normalized spacial score (nSPS) is 27.3. The minimum atomic E-state index is 0.0697. The fourth-order valence-corrected chi connectivity index (χ4v) is 3.03. The Morgan fingerprint density at radius 2 is 2.26 bits per heavy atom. The van der Waals surface area contributed by atoms with Gasteiger partial charge in [-0.1, -0.05) is 18.9 Å². The van der Waals surface area contributed by atoms with Gasteiger partial charge in [-0.05, 0) is 54.0 Å². The first-order valence-corrected chi connectivity index (χ1v) is 8.24. The van der Waals surface area contributed by atoms with Crippen molar-refractivity contribution in [3.63, 3.8) is 0 Å². The summed E-state index contributed by atoms with van der Waals surface area (Å²) in [5.41, 5.74) is 0. The lowest BCUT2D eigenvalue weighted by molar-refractivity contribution is -0.162. The molecule has 2 heterocycles. The number of halogens is 1. The number of hydrogen-bond acceptors (Lipinski definition) is 3. The van der Waals surface area contributed by atoms with Crippen molar-refractivity contribution in [3.8, 4) is 0 Å². The van der Waals surface area contributed by atoms with Crippen molar-refractivity contribution in [3.05, 3.63) is 10.6 Å². The molecule has 2 unspecified atom stereocenters. The molecular formula is C15H24BrNO2. The number of allylic oxidation sites excluding steroid dienone is 1. The standard InChI is InChI=1S/C15H24BrNO2/c16-14-10-13(11-17-12-14)6-2-1-4-8-18-15-7-3-5-9-19-15/h10,12-13,15H,1-9,11H2. The number of ether oxygens (including phenoxy) is 2. The highest BCUT2D eigenvalue weighted by molar-refractivity contribution is 9.12. The minimum Gasteiger partial charge on any atom is -0.353 e. The van der Waals surface area contributed by atoms with Crippen LogP contribution in [-0.4, -0.2) is 32.3 Å². The van der Waals surface area contributed by atoms with E-state index in [0.29, 0.717) is 5.92 Å². The summed E-state index contributed by atoms with van der Waals surface area (Å²) >= 11 is 3.48. The number of dihydropyridines is 1. The molecule has 2 atom stereocenters. The Labute approximate surface area is 124 Å². The van der Waals surface area contributed by atoms with Crippen LogP contribution in [0, 0.1) is 5.92 Å². The van der Waals surface area contributed by atoms with E-state index >= 15 is 0 Å². The maximum Gasteiger partial charge on any atom is 0.157 e. The van der Waals surface area contributed by atoms with Gasteiger partial charge in [0.1, 0.15) is 0 Å². The largest absolute Gasteiger partial charge is 0.353 e. The van der Waals surface area contributed by atoms with E-state index < -0.39 is 0 Å². The van der Waals surface area contributed by atoms with E-state index in [4.69, 9.17) is 9.47 Å². The highest BCUT2D eigenvalue weighted by atomic mass is 79.9. The number of rotatable bonds is 7. The van der Waals surface area contributed by atoms with E-state index in [2.05, 4.69) is 27.0 Å². The van der Waals surface area contributed by atoms with Crippen LogP contribution in [0.5, 0.6) is 0 Å². The lowest BCUT2D eigenvalue weighted by Gasteiger charge is -2.22. The maximum absolute atomic E-state index is 5.73. The zero-order valence-corrected chi connectivity index (χ0v) is 13.1. The monoisotopic (exact) mass is 329 g/mol. The Balaban J connectivity index is 1.45. The topological polar surface area (TPSA) is 30.8 Å². The molecule has 2 aliphatic rings. The van der Waals surface area contributed by atoms with Crippen LogP contribution < -0.4 is 0 Å². The molecule has 0 N–H and O–H groups in total. The first kappa shape index (κ1) is 15.2. The van der Waals surface area contributed by atoms with Gasteiger partial charge in [0.15, 0.2) is 6.29 Å². The second-order valence-electron chi connectivity index (χ2n) is 5.32. The highest BCUT2D eigenvalue weighted by Gasteiger charge is 2.13. The van der Waals surface area contributed by atoms with Gasteiger partial charge in [-0.2, -0.15) is 0 Å². The summed E-state index contributed by atoms with van der Waals surface area (Å²) in [6, 6.07) is 0. The summed E-state index contributed by atoms with van der Waals surface area (Å²) in [6.07, 6.45) is 12.6. The smallest absolute Gasteiger partial charge is 0.157 e. The molecule has 3 nitrogen and oxygen atoms in total. The second kappa shape index (κ2) is 8.88. The molecular weight excluding hydrogens is 306 g/mol. The molecule has 0 aromatic rings. The molecule has 4 heteroatoms. The van der Waals surface area contributed by atoms with Gasteiger partial charge in [0.05, 0.1) is 0 Å². The first-order chi connectivity index (χ1) is 9.34. The molecule has 19 heavy (non-hydrogen) atoms. The number of hydrogen-bond donors (Lipinski definition) is 0. The quantitative estimate of drug-likeness (QED) is 0.659. The van der Waals surface area contributed by atoms with Crippen molar-refractivity contribution in [2.45, 2.75) is 51.2 Å². The van der Waals surface area contributed by atoms with Gasteiger partial charge in [0.2, 0.25) is 0 Å². The number of unbranched alkanes of at least 4 members (excludes halogenated alkanes) is 2. The lowest BCUT2D eigenvalue weighted by Crippen LogP contribution is -2.22. The molecule has 0 aliphatic carbocycles. The Morgan fingerprint density at radius 3 is 3.05 bits per heavy atom. The van der Waals surface area contributed by atoms with E-state index in [-0.39, 0.29) is 6.29 Å². The molecule has 0 saturated carbocycles. The summed E-state index contributed by atoms with van der Waals surface area (Å²) in [7, 11) is 0. The summed E-state index contributed by atoms with van der Waals surface area (Å²) in [4.78, 5) is 4.33. The number of nitrogens with zero attached hydrogens (tertiary/aromatic N) is 1. The molecule has 1 saturated heterocycles. The summed E-state index contributed by atoms with van der Waals surface area (Å²) in [5, 5.41) is 0. The van der Waals surface area contributed by atoms with Gasteiger partial charge in [0, 0.05) is 30.5 Å². The van der Waals surface area contributed by atoms with Crippen molar-refractivity contribution in [2.75, 3.05) is 19.8 Å². The molecule has 108 valence electrons. The fourth-order valence-electron chi connectivity index (χ4n) is 2.51. The van der Waals surface area contributed by atoms with Gasteiger partial charge in [0.25, 0.3) is 0 Å². The molecule has 2 aliphatic heterocycles. The Bertz CT molecular complexity index is 311. The van der Waals surface area contributed by atoms with E-state index in [9.17, 15) is 0 Å². The molecule has 0 amide bonds. The van der Waals surface area contributed by atoms with Crippen molar-refractivity contribution in [1.82, 2.24) is 0 Å². The van der Waals surface area contributed by atoms with Gasteiger partial charge in [-0.3, -0.25) is 4.99 Å². The summed E-state index contributed by atoms with van der Waals surface area (Å²) in [6.45, 7) is 2.66. The molecule has 2 rings (SSSR count). The maximum atomic E-state index is 5.73. The van der Waals surface area contributed by atoms with Gasteiger partial charge in [-0.25, -0.2) is 0 Å². The number of aliphatic imine (C=N–C) groups is 1. The SMILES string of the molecule is BrC1=CC(CCCCCOC2CCCCO2)CN=C1. The van der Waals surface area contributed by atoms with Crippen molar-refractivity contribution in [2.24, 2.45) is 10.9 Å². The van der Waals surface area contributed by atoms with Crippen LogP contribution >= 0.6 is 15.9 Å². The Hall–Kier alpha value is -0.190. The third kappa shape index (κ3) is 6.19. The predicted molar refractivity (Wildman–Crippen MR) is 81.9 cm³/mol. The van der Waals surface area contributed by atoms with E-state index in [0.717, 1.165) is 37.1 Å². The van der Waals surface area contributed by atoms with E-state index in [1.165, 1.54) is 32.1 Å². The third-order valence-corrected chi connectivity index (χ3v) is 4.08. The van der Waals surface area contributed by atoms with Crippen molar-refractivity contribution in [1.29, 1.82) is 0 Å². The van der Waals surface area contributed by atoms with Crippen LogP contribution in [-0.2, 0) is 9.47 Å². The second-order valence-corrected chi connectivity index (χ2v) is 6.24. The van der Waals surface area contributed by atoms with Gasteiger partial charge in [-0.15, -0.1) is 0 Å². The average Bonchev–Trinajstić information content (AvgIpc) is 2.44. The summed E-state index contributed by atoms with van der Waals surface area (Å²) in [5.74, 6) is 0.613. The molecule has 0 bridgehead atoms. The van der Waals surface area contributed by atoms with Crippen molar-refractivity contribution >= 4 is 22.1 Å². The molecule has 0 spiro atoms. The fraction of sp³-hybridized carbons (Fsp3) is 0.800. The molecule has 1 fully saturated rings. The minimum absolute atomic E-state index is 0.0697. The molecule has 0 aromatic carbocycles. The van der Waals surface area contributed by atoms with Crippen LogP contribution in [0.15, 0.2) is 15.6 Å². The van der Waals surface area contributed by atoms with Crippen LogP contribution in [0.3, 0.4) is 0 Å². The highest BCUT2D eigenvalue weighted by Crippen LogP contribution is 2.19. The molecule has 0 aromatic heterocycles. The van der Waals surface area contributed by atoms with Crippen LogP contribution in [0.4, 0.5) is 0 Å². The average molecular weight is 330 g/mol.